The summed E-state index contributed by atoms with van der Waals surface area (Å²) in [7, 11) is 0. The number of nitrogens with zero attached hydrogens (tertiary/aromatic N) is 1. The van der Waals surface area contributed by atoms with E-state index in [4.69, 9.17) is 5.73 Å². The van der Waals surface area contributed by atoms with E-state index in [0.717, 1.165) is 25.7 Å². The third-order valence-electron chi connectivity index (χ3n) is 4.22. The summed E-state index contributed by atoms with van der Waals surface area (Å²) in [6, 6.07) is -0.343. The first-order chi connectivity index (χ1) is 9.38. The molecule has 5 nitrogen and oxygen atoms in total. The maximum atomic E-state index is 12.1. The van der Waals surface area contributed by atoms with E-state index in [9.17, 15) is 9.59 Å². The molecule has 0 radical (unpaired) electrons. The van der Waals surface area contributed by atoms with E-state index >= 15 is 0 Å². The van der Waals surface area contributed by atoms with E-state index < -0.39 is 6.04 Å². The first-order valence-corrected chi connectivity index (χ1v) is 7.71. The van der Waals surface area contributed by atoms with Crippen molar-refractivity contribution in [2.45, 2.75) is 71.5 Å². The van der Waals surface area contributed by atoms with Crippen LogP contribution in [0, 0.1) is 5.92 Å². The summed E-state index contributed by atoms with van der Waals surface area (Å²) in [5, 5.41) is 3.06. The molecule has 116 valence electrons. The van der Waals surface area contributed by atoms with Crippen LogP contribution in [-0.2, 0) is 9.59 Å². The molecule has 20 heavy (non-hydrogen) atoms. The maximum Gasteiger partial charge on any atom is 0.237 e. The first kappa shape index (κ1) is 17.0. The molecule has 3 N–H and O–H groups in total. The summed E-state index contributed by atoms with van der Waals surface area (Å²) >= 11 is 0. The third kappa shape index (κ3) is 4.20. The normalized spacial score (nSPS) is 24.3. The molecule has 1 rings (SSSR count). The Morgan fingerprint density at radius 3 is 2.40 bits per heavy atom. The highest BCUT2D eigenvalue weighted by Gasteiger charge is 2.33. The molecule has 2 unspecified atom stereocenters. The molecule has 2 amide bonds. The van der Waals surface area contributed by atoms with Crippen LogP contribution in [0.25, 0.3) is 0 Å². The summed E-state index contributed by atoms with van der Waals surface area (Å²) in [5.74, 6) is 0.0930. The van der Waals surface area contributed by atoms with Gasteiger partial charge in [-0.15, -0.1) is 0 Å². The summed E-state index contributed by atoms with van der Waals surface area (Å²) < 4.78 is 0. The van der Waals surface area contributed by atoms with Crippen LogP contribution in [0.5, 0.6) is 0 Å². The predicted molar refractivity (Wildman–Crippen MR) is 80.1 cm³/mol. The summed E-state index contributed by atoms with van der Waals surface area (Å²) in [4.78, 5) is 25.7. The molecule has 0 spiro atoms. The molecule has 0 aliphatic heterocycles. The Balaban J connectivity index is 2.74. The Bertz CT molecular complexity index is 344. The summed E-state index contributed by atoms with van der Waals surface area (Å²) in [6.07, 6.45) is 4.07. The zero-order valence-corrected chi connectivity index (χ0v) is 13.2. The van der Waals surface area contributed by atoms with Crippen molar-refractivity contribution >= 4 is 11.8 Å². The van der Waals surface area contributed by atoms with Gasteiger partial charge in [0.25, 0.3) is 0 Å². The monoisotopic (exact) mass is 283 g/mol. The molecule has 0 saturated heterocycles. The molecule has 1 aliphatic rings. The van der Waals surface area contributed by atoms with Gasteiger partial charge < -0.3 is 16.0 Å². The number of hydrogen-bond acceptors (Lipinski definition) is 3. The van der Waals surface area contributed by atoms with Gasteiger partial charge in [0.1, 0.15) is 0 Å². The smallest absolute Gasteiger partial charge is 0.237 e. The SMILES string of the molecule is CCN(C(C)=O)[C@H]1CCCCC1NC(=O)C(N)C(C)C. The van der Waals surface area contributed by atoms with Crippen molar-refractivity contribution in [2.24, 2.45) is 11.7 Å². The van der Waals surface area contributed by atoms with Gasteiger partial charge in [-0.3, -0.25) is 9.59 Å². The molecule has 5 heteroatoms. The number of rotatable bonds is 5. The fraction of sp³-hybridized carbons (Fsp3) is 0.867. The average molecular weight is 283 g/mol. The van der Waals surface area contributed by atoms with Crippen LogP contribution < -0.4 is 11.1 Å². The number of nitrogens with two attached hydrogens (primary N) is 1. The van der Waals surface area contributed by atoms with Gasteiger partial charge in [0.15, 0.2) is 0 Å². The van der Waals surface area contributed by atoms with Crippen LogP contribution >= 0.6 is 0 Å². The largest absolute Gasteiger partial charge is 0.350 e. The van der Waals surface area contributed by atoms with Gasteiger partial charge in [0.2, 0.25) is 11.8 Å². The maximum absolute atomic E-state index is 12.1. The zero-order valence-electron chi connectivity index (χ0n) is 13.2. The predicted octanol–water partition coefficient (Wildman–Crippen LogP) is 1.27. The fourth-order valence-electron chi connectivity index (χ4n) is 2.93. The van der Waals surface area contributed by atoms with E-state index in [2.05, 4.69) is 5.32 Å². The lowest BCUT2D eigenvalue weighted by atomic mass is 9.88. The van der Waals surface area contributed by atoms with Crippen LogP contribution in [-0.4, -0.2) is 41.4 Å². The standard InChI is InChI=1S/C15H29N3O2/c1-5-18(11(4)19)13-9-7-6-8-12(13)17-15(20)14(16)10(2)3/h10,12-14H,5-9,16H2,1-4H3,(H,17,20)/t12?,13-,14?/m0/s1. The Morgan fingerprint density at radius 1 is 1.30 bits per heavy atom. The second kappa shape index (κ2) is 7.62. The van der Waals surface area contributed by atoms with Gasteiger partial charge in [-0.1, -0.05) is 26.7 Å². The highest BCUT2D eigenvalue weighted by atomic mass is 16.2. The molecule has 1 aliphatic carbocycles. The Labute approximate surface area is 122 Å². The van der Waals surface area contributed by atoms with Gasteiger partial charge in [0.05, 0.1) is 12.1 Å². The first-order valence-electron chi connectivity index (χ1n) is 7.71. The second-order valence-corrected chi connectivity index (χ2v) is 6.04. The Morgan fingerprint density at radius 2 is 1.90 bits per heavy atom. The van der Waals surface area contributed by atoms with Crippen LogP contribution in [0.1, 0.15) is 53.4 Å². The molecule has 0 heterocycles. The van der Waals surface area contributed by atoms with Crippen molar-refractivity contribution in [2.75, 3.05) is 6.54 Å². The molecule has 3 atom stereocenters. The Kier molecular flexibility index (Phi) is 6.46. The lowest BCUT2D eigenvalue weighted by Crippen LogP contribution is -2.57. The van der Waals surface area contributed by atoms with E-state index in [1.807, 2.05) is 25.7 Å². The van der Waals surface area contributed by atoms with Crippen LogP contribution in [0.4, 0.5) is 0 Å². The minimum Gasteiger partial charge on any atom is -0.350 e. The molecular formula is C15H29N3O2. The number of likely N-dealkylation sites (N-methyl/N-ethyl adjacent to an activating group) is 1. The lowest BCUT2D eigenvalue weighted by molar-refractivity contribution is -0.134. The lowest BCUT2D eigenvalue weighted by Gasteiger charge is -2.40. The van der Waals surface area contributed by atoms with Gasteiger partial charge in [-0.25, -0.2) is 0 Å². The van der Waals surface area contributed by atoms with Crippen LogP contribution in [0.15, 0.2) is 0 Å². The molecule has 0 aromatic rings. The van der Waals surface area contributed by atoms with Crippen LogP contribution in [0.3, 0.4) is 0 Å². The molecule has 0 aromatic carbocycles. The molecule has 1 fully saturated rings. The van der Waals surface area contributed by atoms with Crippen molar-refractivity contribution in [1.29, 1.82) is 0 Å². The Hall–Kier alpha value is -1.10. The van der Waals surface area contributed by atoms with Crippen molar-refractivity contribution in [1.82, 2.24) is 10.2 Å². The van der Waals surface area contributed by atoms with Crippen molar-refractivity contribution in [3.63, 3.8) is 0 Å². The van der Waals surface area contributed by atoms with E-state index in [1.54, 1.807) is 6.92 Å². The minimum absolute atomic E-state index is 0.0323. The number of amides is 2. The summed E-state index contributed by atoms with van der Waals surface area (Å²) in [5.41, 5.74) is 5.90. The number of hydrogen-bond donors (Lipinski definition) is 2. The topological polar surface area (TPSA) is 75.4 Å². The van der Waals surface area contributed by atoms with Gasteiger partial charge in [-0.2, -0.15) is 0 Å². The van der Waals surface area contributed by atoms with Gasteiger partial charge in [-0.05, 0) is 25.7 Å². The van der Waals surface area contributed by atoms with Crippen molar-refractivity contribution in [3.05, 3.63) is 0 Å². The minimum atomic E-state index is -0.481. The highest BCUT2D eigenvalue weighted by Crippen LogP contribution is 2.23. The molecule has 0 bridgehead atoms. The second-order valence-electron chi connectivity index (χ2n) is 6.04. The molecule has 0 aromatic heterocycles. The highest BCUT2D eigenvalue weighted by molar-refractivity contribution is 5.82. The van der Waals surface area contributed by atoms with E-state index in [1.165, 1.54) is 0 Å². The summed E-state index contributed by atoms with van der Waals surface area (Å²) in [6.45, 7) is 8.14. The van der Waals surface area contributed by atoms with Crippen LogP contribution in [0.2, 0.25) is 0 Å². The number of carbonyl (C=O) groups is 2. The fourth-order valence-corrected chi connectivity index (χ4v) is 2.93. The van der Waals surface area contributed by atoms with Gasteiger partial charge >= 0.3 is 0 Å². The third-order valence-corrected chi connectivity index (χ3v) is 4.22. The molecular weight excluding hydrogens is 254 g/mol. The molecule has 1 saturated carbocycles. The average Bonchev–Trinajstić information content (AvgIpc) is 2.40. The quantitative estimate of drug-likeness (QED) is 0.797. The van der Waals surface area contributed by atoms with E-state index in [0.29, 0.717) is 6.54 Å². The number of nitrogens with one attached hydrogen (secondary N) is 1. The number of carbonyl (C=O) groups excluding carboxylic acids is 2. The van der Waals surface area contributed by atoms with E-state index in [-0.39, 0.29) is 29.8 Å². The van der Waals surface area contributed by atoms with Crippen molar-refractivity contribution in [3.8, 4) is 0 Å². The zero-order chi connectivity index (χ0) is 15.3. The van der Waals surface area contributed by atoms with Crippen molar-refractivity contribution < 1.29 is 9.59 Å². The van der Waals surface area contributed by atoms with Gasteiger partial charge in [0, 0.05) is 19.5 Å².